The standard InChI is InChI=1S/C15H21Cl2NO/c1-4-15(3)12(18-5-2)9-13(15)19-14-10(16)7-6-8-11(14)17/h6-8,12-13,18H,4-5,9H2,1-3H3. The highest BCUT2D eigenvalue weighted by Gasteiger charge is 2.51. The molecule has 2 rings (SSSR count). The maximum atomic E-state index is 6.16. The van der Waals surface area contributed by atoms with E-state index in [0.717, 1.165) is 19.4 Å². The summed E-state index contributed by atoms with van der Waals surface area (Å²) in [7, 11) is 0. The molecule has 1 aromatic carbocycles. The molecule has 1 N–H and O–H groups in total. The molecule has 0 bridgehead atoms. The van der Waals surface area contributed by atoms with E-state index in [9.17, 15) is 0 Å². The van der Waals surface area contributed by atoms with Gasteiger partial charge in [-0.15, -0.1) is 0 Å². The van der Waals surface area contributed by atoms with Crippen LogP contribution in [-0.4, -0.2) is 18.7 Å². The number of ether oxygens (including phenoxy) is 1. The molecule has 106 valence electrons. The van der Waals surface area contributed by atoms with Gasteiger partial charge >= 0.3 is 0 Å². The number of nitrogens with one attached hydrogen (secondary N) is 1. The zero-order valence-electron chi connectivity index (χ0n) is 11.7. The molecule has 1 saturated carbocycles. The summed E-state index contributed by atoms with van der Waals surface area (Å²) in [6.07, 6.45) is 2.23. The highest BCUT2D eigenvalue weighted by molar-refractivity contribution is 6.37. The van der Waals surface area contributed by atoms with Gasteiger partial charge < -0.3 is 10.1 Å². The molecule has 1 fully saturated rings. The van der Waals surface area contributed by atoms with Gasteiger partial charge in [-0.1, -0.05) is 50.0 Å². The number of para-hydroxylation sites is 1. The molecule has 1 aliphatic carbocycles. The fraction of sp³-hybridized carbons (Fsp3) is 0.600. The summed E-state index contributed by atoms with van der Waals surface area (Å²) < 4.78 is 6.09. The average Bonchev–Trinajstić information content (AvgIpc) is 2.39. The predicted octanol–water partition coefficient (Wildman–Crippen LogP) is 4.54. The molecule has 0 amide bonds. The van der Waals surface area contributed by atoms with Gasteiger partial charge in [0.2, 0.25) is 0 Å². The van der Waals surface area contributed by atoms with Crippen molar-refractivity contribution in [2.24, 2.45) is 5.41 Å². The van der Waals surface area contributed by atoms with Crippen LogP contribution in [0.5, 0.6) is 5.75 Å². The Morgan fingerprint density at radius 3 is 2.47 bits per heavy atom. The number of halogens is 2. The second-order valence-corrected chi connectivity index (χ2v) is 6.18. The van der Waals surface area contributed by atoms with E-state index in [1.807, 2.05) is 18.2 Å². The van der Waals surface area contributed by atoms with Crippen molar-refractivity contribution in [3.63, 3.8) is 0 Å². The van der Waals surface area contributed by atoms with Crippen molar-refractivity contribution in [3.8, 4) is 5.75 Å². The molecule has 3 atom stereocenters. The highest BCUT2D eigenvalue weighted by Crippen LogP contribution is 2.47. The summed E-state index contributed by atoms with van der Waals surface area (Å²) in [6, 6.07) is 5.96. The van der Waals surface area contributed by atoms with Gasteiger partial charge in [-0.2, -0.15) is 0 Å². The zero-order valence-corrected chi connectivity index (χ0v) is 13.2. The smallest absolute Gasteiger partial charge is 0.156 e. The first kappa shape index (κ1) is 15.0. The zero-order chi connectivity index (χ0) is 14.0. The lowest BCUT2D eigenvalue weighted by Crippen LogP contribution is -2.63. The molecule has 0 spiro atoms. The van der Waals surface area contributed by atoms with Crippen molar-refractivity contribution in [1.29, 1.82) is 0 Å². The third kappa shape index (κ3) is 2.72. The Bertz CT molecular complexity index is 432. The van der Waals surface area contributed by atoms with Crippen LogP contribution in [0.3, 0.4) is 0 Å². The predicted molar refractivity (Wildman–Crippen MR) is 81.4 cm³/mol. The van der Waals surface area contributed by atoms with Crippen LogP contribution in [-0.2, 0) is 0 Å². The maximum Gasteiger partial charge on any atom is 0.156 e. The van der Waals surface area contributed by atoms with Gasteiger partial charge in [0.15, 0.2) is 5.75 Å². The number of rotatable bonds is 5. The summed E-state index contributed by atoms with van der Waals surface area (Å²) in [5.41, 5.74) is 0.137. The van der Waals surface area contributed by atoms with Gasteiger partial charge in [0.25, 0.3) is 0 Å². The van der Waals surface area contributed by atoms with Crippen LogP contribution in [0.25, 0.3) is 0 Å². The van der Waals surface area contributed by atoms with E-state index in [1.165, 1.54) is 0 Å². The first-order valence-electron chi connectivity index (χ1n) is 6.87. The third-order valence-corrected chi connectivity index (χ3v) is 4.97. The summed E-state index contributed by atoms with van der Waals surface area (Å²) in [4.78, 5) is 0. The first-order chi connectivity index (χ1) is 9.02. The summed E-state index contributed by atoms with van der Waals surface area (Å²) in [6.45, 7) is 7.59. The fourth-order valence-electron chi connectivity index (χ4n) is 2.77. The van der Waals surface area contributed by atoms with Crippen LogP contribution in [0, 0.1) is 5.41 Å². The summed E-state index contributed by atoms with van der Waals surface area (Å²) in [5.74, 6) is 0.616. The van der Waals surface area contributed by atoms with Gasteiger partial charge in [-0.05, 0) is 25.1 Å². The molecule has 3 unspecified atom stereocenters. The van der Waals surface area contributed by atoms with Gasteiger partial charge in [-0.25, -0.2) is 0 Å². The van der Waals surface area contributed by atoms with Crippen molar-refractivity contribution in [2.45, 2.75) is 45.8 Å². The fourth-order valence-corrected chi connectivity index (χ4v) is 3.26. The van der Waals surface area contributed by atoms with Gasteiger partial charge in [0.05, 0.1) is 10.0 Å². The van der Waals surface area contributed by atoms with Crippen LogP contribution in [0.4, 0.5) is 0 Å². The van der Waals surface area contributed by atoms with E-state index in [1.54, 1.807) is 0 Å². The average molecular weight is 302 g/mol. The van der Waals surface area contributed by atoms with Crippen LogP contribution in [0.1, 0.15) is 33.6 Å². The SMILES string of the molecule is CCNC1CC(Oc2c(Cl)cccc2Cl)C1(C)CC. The number of benzene rings is 1. The molecule has 0 radical (unpaired) electrons. The molecule has 0 heterocycles. The maximum absolute atomic E-state index is 6.16. The van der Waals surface area contributed by atoms with E-state index in [-0.39, 0.29) is 11.5 Å². The molecule has 0 aliphatic heterocycles. The lowest BCUT2D eigenvalue weighted by atomic mass is 9.61. The minimum Gasteiger partial charge on any atom is -0.487 e. The Balaban J connectivity index is 2.12. The molecule has 4 heteroatoms. The highest BCUT2D eigenvalue weighted by atomic mass is 35.5. The lowest BCUT2D eigenvalue weighted by molar-refractivity contribution is -0.0695. The largest absolute Gasteiger partial charge is 0.487 e. The van der Waals surface area contributed by atoms with Gasteiger partial charge in [0.1, 0.15) is 6.10 Å². The topological polar surface area (TPSA) is 21.3 Å². The van der Waals surface area contributed by atoms with Crippen LogP contribution in [0.2, 0.25) is 10.0 Å². The number of hydrogen-bond acceptors (Lipinski definition) is 2. The normalized spacial score (nSPS) is 29.9. The molecule has 1 aromatic rings. The molecule has 19 heavy (non-hydrogen) atoms. The van der Waals surface area contributed by atoms with Gasteiger partial charge in [0, 0.05) is 17.9 Å². The minimum atomic E-state index is 0.137. The summed E-state index contributed by atoms with van der Waals surface area (Å²) >= 11 is 12.3. The van der Waals surface area contributed by atoms with E-state index in [0.29, 0.717) is 21.8 Å². The molecule has 0 aromatic heterocycles. The summed E-state index contributed by atoms with van der Waals surface area (Å²) in [5, 5.41) is 4.69. The molecule has 0 saturated heterocycles. The van der Waals surface area contributed by atoms with Crippen LogP contribution < -0.4 is 10.1 Å². The Morgan fingerprint density at radius 1 is 1.32 bits per heavy atom. The van der Waals surface area contributed by atoms with Gasteiger partial charge in [-0.3, -0.25) is 0 Å². The minimum absolute atomic E-state index is 0.137. The van der Waals surface area contributed by atoms with Crippen LogP contribution >= 0.6 is 23.2 Å². The van der Waals surface area contributed by atoms with Crippen molar-refractivity contribution in [3.05, 3.63) is 28.2 Å². The van der Waals surface area contributed by atoms with Crippen molar-refractivity contribution >= 4 is 23.2 Å². The van der Waals surface area contributed by atoms with E-state index in [4.69, 9.17) is 27.9 Å². The Morgan fingerprint density at radius 2 is 1.95 bits per heavy atom. The molecular weight excluding hydrogens is 281 g/mol. The second kappa shape index (κ2) is 5.90. The lowest BCUT2D eigenvalue weighted by Gasteiger charge is -2.53. The molecule has 1 aliphatic rings. The Labute approximate surface area is 125 Å². The van der Waals surface area contributed by atoms with Crippen molar-refractivity contribution in [1.82, 2.24) is 5.32 Å². The van der Waals surface area contributed by atoms with Crippen molar-refractivity contribution < 1.29 is 4.74 Å². The van der Waals surface area contributed by atoms with E-state index in [2.05, 4.69) is 26.1 Å². The number of hydrogen-bond donors (Lipinski definition) is 1. The molecular formula is C15H21Cl2NO. The Kier molecular flexibility index (Phi) is 4.65. The Hall–Kier alpha value is -0.440. The monoisotopic (exact) mass is 301 g/mol. The van der Waals surface area contributed by atoms with E-state index >= 15 is 0 Å². The third-order valence-electron chi connectivity index (χ3n) is 4.37. The van der Waals surface area contributed by atoms with E-state index < -0.39 is 0 Å². The van der Waals surface area contributed by atoms with Crippen molar-refractivity contribution in [2.75, 3.05) is 6.54 Å². The second-order valence-electron chi connectivity index (χ2n) is 5.36. The molecule has 2 nitrogen and oxygen atoms in total. The quantitative estimate of drug-likeness (QED) is 0.862. The first-order valence-corrected chi connectivity index (χ1v) is 7.62. The van der Waals surface area contributed by atoms with Crippen LogP contribution in [0.15, 0.2) is 18.2 Å².